The van der Waals surface area contributed by atoms with Gasteiger partial charge in [-0.3, -0.25) is 19.0 Å². The van der Waals surface area contributed by atoms with Crippen molar-refractivity contribution in [1.29, 1.82) is 0 Å². The lowest BCUT2D eigenvalue weighted by atomic mass is 9.92. The molecule has 0 bridgehead atoms. The third-order valence-electron chi connectivity index (χ3n) is 10.1. The van der Waals surface area contributed by atoms with Crippen LogP contribution < -0.4 is 10.6 Å². The minimum absolute atomic E-state index is 0.147. The van der Waals surface area contributed by atoms with Crippen LogP contribution >= 0.6 is 0 Å². The first-order valence-electron chi connectivity index (χ1n) is 17.3. The molecule has 5 rings (SSSR count). The Hall–Kier alpha value is -3.52. The molecule has 0 spiro atoms. The zero-order valence-electron chi connectivity index (χ0n) is 30.9. The van der Waals surface area contributed by atoms with E-state index in [9.17, 15) is 26.4 Å². The summed E-state index contributed by atoms with van der Waals surface area (Å²) in [5, 5.41) is 13.5. The summed E-state index contributed by atoms with van der Waals surface area (Å²) < 4.78 is 51.7. The van der Waals surface area contributed by atoms with Gasteiger partial charge in [0.2, 0.25) is 11.8 Å². The van der Waals surface area contributed by atoms with Gasteiger partial charge in [-0.2, -0.15) is 10.2 Å². The first-order chi connectivity index (χ1) is 23.1. The quantitative estimate of drug-likeness (QED) is 0.273. The average Bonchev–Trinajstić information content (AvgIpc) is 3.87. The van der Waals surface area contributed by atoms with E-state index in [1.807, 2.05) is 51.1 Å². The highest BCUT2D eigenvalue weighted by Crippen LogP contribution is 2.35. The molecule has 0 atom stereocenters. The highest BCUT2D eigenvalue weighted by Gasteiger charge is 2.48. The fourth-order valence-electron chi connectivity index (χ4n) is 6.31. The summed E-state index contributed by atoms with van der Waals surface area (Å²) >= 11 is 0. The third kappa shape index (κ3) is 8.01. The van der Waals surface area contributed by atoms with Gasteiger partial charge in [0.15, 0.2) is 19.7 Å². The molecule has 1 aromatic carbocycles. The fourth-order valence-corrected chi connectivity index (χ4v) is 10.5. The Morgan fingerprint density at radius 1 is 0.660 bits per heavy atom. The molecule has 0 unspecified atom stereocenters. The molecule has 0 aliphatic heterocycles. The van der Waals surface area contributed by atoms with Crippen molar-refractivity contribution in [3.63, 3.8) is 0 Å². The SMILES string of the molecule is Cn1nc(-c2ccccc2)cc1NC(=O)C(C)(C)S(=O)(=O)C1CCCC1.Cn1nc(C(C)(C)C)cc1NC(=O)C(C)(C)S(=O)(=O)C1CCCC1. The maximum absolute atomic E-state index is 12.9. The number of nitrogens with zero attached hydrogens (tertiary/aromatic N) is 4. The molecule has 3 aromatic rings. The lowest BCUT2D eigenvalue weighted by Gasteiger charge is -2.27. The van der Waals surface area contributed by atoms with Crippen LogP contribution in [0.4, 0.5) is 11.6 Å². The maximum Gasteiger partial charge on any atom is 0.246 e. The van der Waals surface area contributed by atoms with Crippen molar-refractivity contribution in [2.24, 2.45) is 14.1 Å². The Labute approximate surface area is 297 Å². The Morgan fingerprint density at radius 2 is 1.06 bits per heavy atom. The number of hydrogen-bond donors (Lipinski definition) is 2. The predicted molar refractivity (Wildman–Crippen MR) is 198 cm³/mol. The third-order valence-corrected chi connectivity index (χ3v) is 16.0. The number of hydrogen-bond acceptors (Lipinski definition) is 8. The van der Waals surface area contributed by atoms with Gasteiger partial charge in [-0.15, -0.1) is 0 Å². The van der Waals surface area contributed by atoms with Crippen LogP contribution in [0.1, 0.15) is 106 Å². The number of anilines is 2. The van der Waals surface area contributed by atoms with E-state index in [4.69, 9.17) is 0 Å². The molecule has 14 heteroatoms. The molecule has 0 radical (unpaired) electrons. The van der Waals surface area contributed by atoms with Crippen molar-refractivity contribution in [3.8, 4) is 11.3 Å². The van der Waals surface area contributed by atoms with Gasteiger partial charge in [0, 0.05) is 37.2 Å². The fraction of sp³-hybridized carbons (Fsp3) is 0.611. The summed E-state index contributed by atoms with van der Waals surface area (Å²) in [5.74, 6) is -0.0342. The van der Waals surface area contributed by atoms with Gasteiger partial charge in [-0.05, 0) is 53.4 Å². The topological polar surface area (TPSA) is 162 Å². The number of sulfone groups is 2. The van der Waals surface area contributed by atoms with Crippen LogP contribution in [-0.4, -0.2) is 68.2 Å². The van der Waals surface area contributed by atoms with Crippen LogP contribution in [0, 0.1) is 0 Å². The van der Waals surface area contributed by atoms with E-state index in [1.54, 1.807) is 35.6 Å². The van der Waals surface area contributed by atoms with Crippen LogP contribution in [0.5, 0.6) is 0 Å². The molecule has 0 saturated heterocycles. The van der Waals surface area contributed by atoms with Crippen molar-refractivity contribution < 1.29 is 26.4 Å². The molecule has 2 aliphatic rings. The molecule has 50 heavy (non-hydrogen) atoms. The van der Waals surface area contributed by atoms with Crippen molar-refractivity contribution in [1.82, 2.24) is 19.6 Å². The second-order valence-electron chi connectivity index (χ2n) is 15.5. The van der Waals surface area contributed by atoms with E-state index in [0.29, 0.717) is 37.3 Å². The first kappa shape index (κ1) is 39.3. The van der Waals surface area contributed by atoms with Gasteiger partial charge in [0.1, 0.15) is 21.1 Å². The smallest absolute Gasteiger partial charge is 0.246 e. The highest BCUT2D eigenvalue weighted by molar-refractivity contribution is 7.94. The van der Waals surface area contributed by atoms with Gasteiger partial charge >= 0.3 is 0 Å². The number of aryl methyl sites for hydroxylation is 2. The molecule has 2 N–H and O–H groups in total. The van der Waals surface area contributed by atoms with Gasteiger partial charge in [0.05, 0.1) is 21.9 Å². The molecular weight excluding hydrogens is 677 g/mol. The summed E-state index contributed by atoms with van der Waals surface area (Å²) in [6.45, 7) is 12.1. The van der Waals surface area contributed by atoms with Crippen LogP contribution in [-0.2, 0) is 48.8 Å². The lowest BCUT2D eigenvalue weighted by Crippen LogP contribution is -2.48. The lowest BCUT2D eigenvalue weighted by molar-refractivity contribution is -0.118. The highest BCUT2D eigenvalue weighted by atomic mass is 32.2. The number of carbonyl (C=O) groups is 2. The van der Waals surface area contributed by atoms with Crippen molar-refractivity contribution in [3.05, 3.63) is 48.2 Å². The van der Waals surface area contributed by atoms with Gasteiger partial charge in [0.25, 0.3) is 0 Å². The van der Waals surface area contributed by atoms with Crippen molar-refractivity contribution in [2.45, 2.75) is 125 Å². The van der Waals surface area contributed by atoms with E-state index < -0.39 is 51.5 Å². The number of nitrogens with one attached hydrogen (secondary N) is 2. The summed E-state index contributed by atoms with van der Waals surface area (Å²) in [5.41, 5.74) is 2.35. The largest absolute Gasteiger partial charge is 0.310 e. The van der Waals surface area contributed by atoms with Crippen LogP contribution in [0.25, 0.3) is 11.3 Å². The molecule has 2 amide bonds. The molecule has 2 aromatic heterocycles. The number of carbonyl (C=O) groups excluding carboxylic acids is 2. The second-order valence-corrected chi connectivity index (χ2v) is 21.1. The van der Waals surface area contributed by atoms with Crippen LogP contribution in [0.2, 0.25) is 0 Å². The van der Waals surface area contributed by atoms with Gasteiger partial charge in [-0.1, -0.05) is 76.8 Å². The molecule has 2 heterocycles. The van der Waals surface area contributed by atoms with Crippen molar-refractivity contribution in [2.75, 3.05) is 10.6 Å². The molecule has 276 valence electrons. The zero-order chi connectivity index (χ0) is 37.3. The van der Waals surface area contributed by atoms with E-state index >= 15 is 0 Å². The zero-order valence-corrected chi connectivity index (χ0v) is 32.5. The maximum atomic E-state index is 12.9. The summed E-state index contributed by atoms with van der Waals surface area (Å²) in [6.07, 6.45) is 6.23. The van der Waals surface area contributed by atoms with Gasteiger partial charge in [-0.25, -0.2) is 16.8 Å². The summed E-state index contributed by atoms with van der Waals surface area (Å²) in [6, 6.07) is 13.2. The Kier molecular flexibility index (Phi) is 11.5. The van der Waals surface area contributed by atoms with Gasteiger partial charge < -0.3 is 10.6 Å². The second kappa shape index (κ2) is 14.6. The molecular formula is C36H54N6O6S2. The number of benzene rings is 1. The Morgan fingerprint density at radius 3 is 1.46 bits per heavy atom. The van der Waals surface area contributed by atoms with Crippen LogP contribution in [0.15, 0.2) is 42.5 Å². The monoisotopic (exact) mass is 730 g/mol. The summed E-state index contributed by atoms with van der Waals surface area (Å²) in [4.78, 5) is 25.5. The van der Waals surface area contributed by atoms with E-state index in [-0.39, 0.29) is 5.41 Å². The summed E-state index contributed by atoms with van der Waals surface area (Å²) in [7, 11) is -3.63. The Balaban J connectivity index is 0.000000226. The molecule has 2 fully saturated rings. The molecule has 12 nitrogen and oxygen atoms in total. The standard InChI is InChI=1S/C19H25N3O3S.C17H29N3O3S/c1-19(2,26(24,25)15-11-7-8-12-15)18(23)20-17-13-16(21-22(17)3)14-9-5-4-6-10-14;1-16(2,3)13-11-14(20(6)19-13)18-15(21)17(4,5)24(22,23)12-9-7-8-10-12/h4-6,9-10,13,15H,7-8,11-12H2,1-3H3,(H,20,23);11-12H,7-10H2,1-6H3,(H,18,21). The number of amides is 2. The number of rotatable bonds is 9. The van der Waals surface area contributed by atoms with E-state index in [0.717, 1.165) is 42.6 Å². The van der Waals surface area contributed by atoms with E-state index in [1.165, 1.54) is 27.7 Å². The first-order valence-corrected chi connectivity index (χ1v) is 20.4. The molecule has 2 aliphatic carbocycles. The average molecular weight is 731 g/mol. The van der Waals surface area contributed by atoms with Crippen molar-refractivity contribution >= 4 is 43.1 Å². The minimum Gasteiger partial charge on any atom is -0.310 e. The predicted octanol–water partition coefficient (Wildman–Crippen LogP) is 5.95. The van der Waals surface area contributed by atoms with Crippen LogP contribution in [0.3, 0.4) is 0 Å². The minimum atomic E-state index is -3.56. The molecule has 2 saturated carbocycles. The number of aromatic nitrogens is 4. The van der Waals surface area contributed by atoms with E-state index in [2.05, 4.69) is 20.8 Å². The Bertz CT molecular complexity index is 1890. The normalized spacial score (nSPS) is 16.6.